The maximum Gasteiger partial charge on any atom is 0.251 e. The summed E-state index contributed by atoms with van der Waals surface area (Å²) < 4.78 is 0. The van der Waals surface area contributed by atoms with Crippen LogP contribution in [-0.2, 0) is 6.54 Å². The quantitative estimate of drug-likeness (QED) is 0.178. The second kappa shape index (κ2) is 17.3. The molecular weight excluding hydrogens is 493 g/mol. The molecule has 172 valence electrons. The van der Waals surface area contributed by atoms with Gasteiger partial charge in [-0.25, -0.2) is 4.99 Å². The molecule has 0 fully saturated rings. The van der Waals surface area contributed by atoms with Crippen LogP contribution in [0, 0.1) is 5.92 Å². The lowest BCUT2D eigenvalue weighted by Gasteiger charge is -2.18. The van der Waals surface area contributed by atoms with E-state index >= 15 is 0 Å². The van der Waals surface area contributed by atoms with Crippen molar-refractivity contribution in [3.8, 4) is 0 Å². The number of amides is 1. The third kappa shape index (κ3) is 12.3. The fraction of sp³-hybridized carbons (Fsp3) is 0.636. The minimum atomic E-state index is -0.0610. The second-order valence-electron chi connectivity index (χ2n) is 7.50. The standard InChI is InChI=1S/C22H39N5O2.HI/c1-5-8-18(11-14-28)16-25-22(23-6-2)26-17-19-9-7-10-20(15-19)21(29)24-12-13-27(3)4;/h7,9-10,15,18,28H,5-6,8,11-14,16-17H2,1-4H3,(H,24,29)(H2,23,25,26);1H. The van der Waals surface area contributed by atoms with E-state index in [2.05, 4.69) is 27.9 Å². The Morgan fingerprint density at radius 1 is 1.17 bits per heavy atom. The van der Waals surface area contributed by atoms with E-state index in [1.807, 2.05) is 50.2 Å². The number of guanidine groups is 1. The van der Waals surface area contributed by atoms with Gasteiger partial charge in [0.05, 0.1) is 6.54 Å². The highest BCUT2D eigenvalue weighted by molar-refractivity contribution is 14.0. The average molecular weight is 533 g/mol. The van der Waals surface area contributed by atoms with Crippen molar-refractivity contribution < 1.29 is 9.90 Å². The Morgan fingerprint density at radius 3 is 2.57 bits per heavy atom. The smallest absolute Gasteiger partial charge is 0.251 e. The molecule has 7 nitrogen and oxygen atoms in total. The Balaban J connectivity index is 0.00000841. The molecule has 1 amide bonds. The van der Waals surface area contributed by atoms with Gasteiger partial charge in [0.15, 0.2) is 5.96 Å². The number of halogens is 1. The molecule has 0 spiro atoms. The van der Waals surface area contributed by atoms with Gasteiger partial charge in [0.2, 0.25) is 0 Å². The fourth-order valence-electron chi connectivity index (χ4n) is 3.00. The molecule has 1 unspecified atom stereocenters. The SMILES string of the molecule is CCCC(CCO)CNC(=NCc1cccc(C(=O)NCCN(C)C)c1)NCC.I. The number of rotatable bonds is 13. The Morgan fingerprint density at radius 2 is 1.93 bits per heavy atom. The summed E-state index contributed by atoms with van der Waals surface area (Å²) in [6.07, 6.45) is 2.98. The first-order valence-corrected chi connectivity index (χ1v) is 10.6. The molecule has 0 aliphatic carbocycles. The van der Waals surface area contributed by atoms with E-state index in [0.717, 1.165) is 50.4 Å². The zero-order valence-electron chi connectivity index (χ0n) is 18.9. The second-order valence-corrected chi connectivity index (χ2v) is 7.50. The van der Waals surface area contributed by atoms with Gasteiger partial charge in [-0.15, -0.1) is 24.0 Å². The molecule has 1 atom stereocenters. The Hall–Kier alpha value is -1.39. The van der Waals surface area contributed by atoms with Gasteiger partial charge >= 0.3 is 0 Å². The van der Waals surface area contributed by atoms with Crippen LogP contribution in [0.1, 0.15) is 49.0 Å². The molecule has 0 aliphatic rings. The van der Waals surface area contributed by atoms with E-state index in [0.29, 0.717) is 24.6 Å². The minimum Gasteiger partial charge on any atom is -0.396 e. The highest BCUT2D eigenvalue weighted by Crippen LogP contribution is 2.10. The Kier molecular flexibility index (Phi) is 16.5. The maximum absolute atomic E-state index is 12.3. The van der Waals surface area contributed by atoms with Crippen molar-refractivity contribution in [3.05, 3.63) is 35.4 Å². The molecule has 0 aromatic heterocycles. The zero-order valence-corrected chi connectivity index (χ0v) is 21.2. The topological polar surface area (TPSA) is 89.0 Å². The number of nitrogens with one attached hydrogen (secondary N) is 3. The number of nitrogens with zero attached hydrogens (tertiary/aromatic N) is 2. The van der Waals surface area contributed by atoms with Crippen LogP contribution in [0.4, 0.5) is 0 Å². The van der Waals surface area contributed by atoms with Crippen LogP contribution in [-0.4, -0.2) is 68.8 Å². The molecule has 0 saturated carbocycles. The predicted octanol–water partition coefficient (Wildman–Crippen LogP) is 2.45. The van der Waals surface area contributed by atoms with Gasteiger partial charge < -0.3 is 26.0 Å². The molecule has 0 aliphatic heterocycles. The molecule has 1 rings (SSSR count). The van der Waals surface area contributed by atoms with Gasteiger partial charge in [-0.2, -0.15) is 0 Å². The van der Waals surface area contributed by atoms with Gasteiger partial charge in [0.25, 0.3) is 5.91 Å². The Labute approximate surface area is 199 Å². The van der Waals surface area contributed by atoms with Gasteiger partial charge in [0.1, 0.15) is 0 Å². The van der Waals surface area contributed by atoms with E-state index in [-0.39, 0.29) is 36.5 Å². The molecular formula is C22H40IN5O2. The molecule has 30 heavy (non-hydrogen) atoms. The number of carbonyl (C=O) groups excluding carboxylic acids is 1. The van der Waals surface area contributed by atoms with E-state index in [1.165, 1.54) is 0 Å². The monoisotopic (exact) mass is 533 g/mol. The van der Waals surface area contributed by atoms with Gasteiger partial charge in [0, 0.05) is 38.3 Å². The highest BCUT2D eigenvalue weighted by Gasteiger charge is 2.09. The van der Waals surface area contributed by atoms with Crippen molar-refractivity contribution >= 4 is 35.8 Å². The summed E-state index contributed by atoms with van der Waals surface area (Å²) in [6, 6.07) is 7.59. The lowest BCUT2D eigenvalue weighted by Crippen LogP contribution is -2.40. The van der Waals surface area contributed by atoms with E-state index in [1.54, 1.807) is 0 Å². The number of hydrogen-bond acceptors (Lipinski definition) is 4. The van der Waals surface area contributed by atoms with Crippen LogP contribution in [0.5, 0.6) is 0 Å². The summed E-state index contributed by atoms with van der Waals surface area (Å²) in [4.78, 5) is 19.0. The van der Waals surface area contributed by atoms with E-state index < -0.39 is 0 Å². The molecule has 0 radical (unpaired) electrons. The summed E-state index contributed by atoms with van der Waals surface area (Å²) in [5.41, 5.74) is 1.64. The maximum atomic E-state index is 12.3. The summed E-state index contributed by atoms with van der Waals surface area (Å²) in [5, 5.41) is 18.8. The van der Waals surface area contributed by atoms with Crippen LogP contribution in [0.2, 0.25) is 0 Å². The van der Waals surface area contributed by atoms with E-state index in [9.17, 15) is 9.90 Å². The average Bonchev–Trinajstić information content (AvgIpc) is 2.70. The lowest BCUT2D eigenvalue weighted by atomic mass is 10.0. The minimum absolute atomic E-state index is 0. The molecule has 4 N–H and O–H groups in total. The summed E-state index contributed by atoms with van der Waals surface area (Å²) in [7, 11) is 3.96. The zero-order chi connectivity index (χ0) is 21.5. The molecule has 0 heterocycles. The van der Waals surface area contributed by atoms with Crippen molar-refractivity contribution in [3.63, 3.8) is 0 Å². The van der Waals surface area contributed by atoms with Gasteiger partial charge in [-0.3, -0.25) is 4.79 Å². The number of benzene rings is 1. The molecule has 1 aromatic rings. The molecule has 0 saturated heterocycles. The first kappa shape index (κ1) is 28.6. The van der Waals surface area contributed by atoms with Crippen LogP contribution in [0.3, 0.4) is 0 Å². The normalized spacial score (nSPS) is 12.3. The first-order chi connectivity index (χ1) is 14.0. The van der Waals surface area contributed by atoms with Crippen molar-refractivity contribution in [2.45, 2.75) is 39.7 Å². The summed E-state index contributed by atoms with van der Waals surface area (Å²) in [6.45, 7) is 7.89. The number of aliphatic imine (C=N–C) groups is 1. The van der Waals surface area contributed by atoms with Crippen molar-refractivity contribution in [1.29, 1.82) is 0 Å². The number of aliphatic hydroxyl groups is 1. The third-order valence-corrected chi connectivity index (χ3v) is 4.59. The summed E-state index contributed by atoms with van der Waals surface area (Å²) in [5.74, 6) is 1.13. The fourth-order valence-corrected chi connectivity index (χ4v) is 3.00. The number of carbonyl (C=O) groups is 1. The number of aliphatic hydroxyl groups excluding tert-OH is 1. The predicted molar refractivity (Wildman–Crippen MR) is 136 cm³/mol. The van der Waals surface area contributed by atoms with Crippen molar-refractivity contribution in [2.24, 2.45) is 10.9 Å². The highest BCUT2D eigenvalue weighted by atomic mass is 127. The Bertz CT molecular complexity index is 619. The van der Waals surface area contributed by atoms with Crippen LogP contribution in [0.25, 0.3) is 0 Å². The van der Waals surface area contributed by atoms with Crippen LogP contribution in [0.15, 0.2) is 29.3 Å². The van der Waals surface area contributed by atoms with Gasteiger partial charge in [-0.1, -0.05) is 25.5 Å². The molecule has 1 aromatic carbocycles. The first-order valence-electron chi connectivity index (χ1n) is 10.6. The molecule has 0 bridgehead atoms. The van der Waals surface area contributed by atoms with Crippen LogP contribution < -0.4 is 16.0 Å². The van der Waals surface area contributed by atoms with E-state index in [4.69, 9.17) is 0 Å². The van der Waals surface area contributed by atoms with Crippen LogP contribution >= 0.6 is 24.0 Å². The number of likely N-dealkylation sites (N-methyl/N-ethyl adjacent to an activating group) is 1. The number of hydrogen-bond donors (Lipinski definition) is 4. The van der Waals surface area contributed by atoms with Crippen molar-refractivity contribution in [2.75, 3.05) is 46.9 Å². The van der Waals surface area contributed by atoms with Gasteiger partial charge in [-0.05, 0) is 57.5 Å². The molecule has 8 heteroatoms. The lowest BCUT2D eigenvalue weighted by molar-refractivity contribution is 0.0951. The summed E-state index contributed by atoms with van der Waals surface area (Å²) >= 11 is 0. The largest absolute Gasteiger partial charge is 0.396 e. The third-order valence-electron chi connectivity index (χ3n) is 4.59. The van der Waals surface area contributed by atoms with Crippen molar-refractivity contribution in [1.82, 2.24) is 20.9 Å².